The molecule has 5 nitrogen and oxygen atoms in total. The van der Waals surface area contributed by atoms with Crippen molar-refractivity contribution in [3.05, 3.63) is 83.4 Å². The van der Waals surface area contributed by atoms with Crippen LogP contribution in [0.1, 0.15) is 40.0 Å². The Balaban J connectivity index is 1.67. The predicted octanol–water partition coefficient (Wildman–Crippen LogP) is 2.69. The van der Waals surface area contributed by atoms with Crippen LogP contribution in [0.25, 0.3) is 0 Å². The Morgan fingerprint density at radius 3 is 1.96 bits per heavy atom. The summed E-state index contributed by atoms with van der Waals surface area (Å²) < 4.78 is 0. The van der Waals surface area contributed by atoms with Gasteiger partial charge in [-0.2, -0.15) is 0 Å². The number of rotatable bonds is 6. The van der Waals surface area contributed by atoms with Gasteiger partial charge in [0.2, 0.25) is 0 Å². The first kappa shape index (κ1) is 18.9. The summed E-state index contributed by atoms with van der Waals surface area (Å²) in [6.45, 7) is 0.00287. The number of amides is 2. The first-order chi connectivity index (χ1) is 13.2. The standard InChI is InChI=1S/C22H24N2O3/c25-14-13-18-15-19(23-21(26)16-7-3-1-4-8-16)11-12-20(18)24-22(27)17-9-5-2-6-10-17/h1-10,15,19-20,25H,11-14H2,(H,23,26)(H,24,27)/t19-,20+/m1/s1. The molecular weight excluding hydrogens is 340 g/mol. The third kappa shape index (κ3) is 5.05. The zero-order chi connectivity index (χ0) is 19.1. The minimum atomic E-state index is -0.130. The van der Waals surface area contributed by atoms with Crippen LogP contribution in [0.15, 0.2) is 72.3 Å². The Labute approximate surface area is 159 Å². The van der Waals surface area contributed by atoms with Crippen LogP contribution in [-0.4, -0.2) is 35.6 Å². The highest BCUT2D eigenvalue weighted by atomic mass is 16.3. The zero-order valence-corrected chi connectivity index (χ0v) is 15.1. The van der Waals surface area contributed by atoms with Crippen molar-refractivity contribution in [3.8, 4) is 0 Å². The molecule has 0 radical (unpaired) electrons. The molecule has 2 aromatic carbocycles. The Morgan fingerprint density at radius 2 is 1.41 bits per heavy atom. The molecule has 0 unspecified atom stereocenters. The second-order valence-corrected chi connectivity index (χ2v) is 6.63. The summed E-state index contributed by atoms with van der Waals surface area (Å²) in [4.78, 5) is 24.8. The van der Waals surface area contributed by atoms with Crippen molar-refractivity contribution in [2.45, 2.75) is 31.3 Å². The smallest absolute Gasteiger partial charge is 0.251 e. The normalized spacial score (nSPS) is 19.1. The third-order valence-electron chi connectivity index (χ3n) is 4.72. The molecule has 2 aromatic rings. The van der Waals surface area contributed by atoms with E-state index in [2.05, 4.69) is 10.6 Å². The first-order valence-electron chi connectivity index (χ1n) is 9.20. The zero-order valence-electron chi connectivity index (χ0n) is 15.1. The van der Waals surface area contributed by atoms with Crippen molar-refractivity contribution in [1.82, 2.24) is 10.6 Å². The second kappa shape index (κ2) is 9.14. The van der Waals surface area contributed by atoms with Gasteiger partial charge in [0.25, 0.3) is 11.8 Å². The maximum Gasteiger partial charge on any atom is 0.251 e. The fourth-order valence-electron chi connectivity index (χ4n) is 3.33. The van der Waals surface area contributed by atoms with Gasteiger partial charge in [-0.05, 0) is 49.1 Å². The van der Waals surface area contributed by atoms with Gasteiger partial charge in [0.1, 0.15) is 0 Å². The first-order valence-corrected chi connectivity index (χ1v) is 9.20. The van der Waals surface area contributed by atoms with Crippen molar-refractivity contribution in [1.29, 1.82) is 0 Å². The fourth-order valence-corrected chi connectivity index (χ4v) is 3.33. The molecule has 3 N–H and O–H groups in total. The lowest BCUT2D eigenvalue weighted by Crippen LogP contribution is -2.43. The van der Waals surface area contributed by atoms with Crippen molar-refractivity contribution in [2.75, 3.05) is 6.61 Å². The monoisotopic (exact) mass is 364 g/mol. The summed E-state index contributed by atoms with van der Waals surface area (Å²) in [6.07, 6.45) is 3.88. The van der Waals surface area contributed by atoms with E-state index in [1.165, 1.54) is 0 Å². The summed E-state index contributed by atoms with van der Waals surface area (Å²) in [5.74, 6) is -0.247. The van der Waals surface area contributed by atoms with Gasteiger partial charge in [0.15, 0.2) is 0 Å². The molecule has 1 aliphatic carbocycles. The molecule has 0 fully saturated rings. The average Bonchev–Trinajstić information content (AvgIpc) is 2.71. The summed E-state index contributed by atoms with van der Waals surface area (Å²) in [7, 11) is 0. The maximum absolute atomic E-state index is 12.4. The van der Waals surface area contributed by atoms with Gasteiger partial charge in [0.05, 0.1) is 6.04 Å². The van der Waals surface area contributed by atoms with Crippen LogP contribution in [0, 0.1) is 0 Å². The van der Waals surface area contributed by atoms with Crippen LogP contribution in [-0.2, 0) is 0 Å². The molecule has 27 heavy (non-hydrogen) atoms. The Hall–Kier alpha value is -2.92. The van der Waals surface area contributed by atoms with Gasteiger partial charge in [-0.3, -0.25) is 9.59 Å². The molecule has 5 heteroatoms. The Kier molecular flexibility index (Phi) is 6.39. The molecule has 0 heterocycles. The van der Waals surface area contributed by atoms with E-state index in [0.29, 0.717) is 24.0 Å². The predicted molar refractivity (Wildman–Crippen MR) is 104 cm³/mol. The fraction of sp³-hybridized carbons (Fsp3) is 0.273. The van der Waals surface area contributed by atoms with Crippen LogP contribution in [0.4, 0.5) is 0 Å². The average molecular weight is 364 g/mol. The number of carbonyl (C=O) groups excluding carboxylic acids is 2. The topological polar surface area (TPSA) is 78.4 Å². The summed E-state index contributed by atoms with van der Waals surface area (Å²) in [5, 5.41) is 15.5. The van der Waals surface area contributed by atoms with E-state index in [1.54, 1.807) is 24.3 Å². The molecule has 0 aliphatic heterocycles. The molecule has 140 valence electrons. The van der Waals surface area contributed by atoms with E-state index >= 15 is 0 Å². The molecule has 0 saturated heterocycles. The number of benzene rings is 2. The van der Waals surface area contributed by atoms with Crippen LogP contribution in [0.3, 0.4) is 0 Å². The van der Waals surface area contributed by atoms with Crippen LogP contribution in [0.5, 0.6) is 0 Å². The van der Waals surface area contributed by atoms with Gasteiger partial charge in [0, 0.05) is 23.8 Å². The van der Waals surface area contributed by atoms with Gasteiger partial charge in [-0.15, -0.1) is 0 Å². The van der Waals surface area contributed by atoms with Crippen molar-refractivity contribution in [3.63, 3.8) is 0 Å². The summed E-state index contributed by atoms with van der Waals surface area (Å²) >= 11 is 0. The molecule has 0 bridgehead atoms. The number of carbonyl (C=O) groups is 2. The summed E-state index contributed by atoms with van der Waals surface area (Å²) in [5.41, 5.74) is 2.18. The third-order valence-corrected chi connectivity index (χ3v) is 4.72. The highest BCUT2D eigenvalue weighted by Crippen LogP contribution is 2.22. The lowest BCUT2D eigenvalue weighted by Gasteiger charge is -2.30. The number of aliphatic hydroxyl groups excluding tert-OH is 1. The van der Waals surface area contributed by atoms with Crippen LogP contribution in [0.2, 0.25) is 0 Å². The van der Waals surface area contributed by atoms with Gasteiger partial charge < -0.3 is 15.7 Å². The molecule has 2 amide bonds. The van der Waals surface area contributed by atoms with E-state index < -0.39 is 0 Å². The minimum absolute atomic E-state index is 0.00287. The number of aliphatic hydroxyl groups is 1. The van der Waals surface area contributed by atoms with Crippen molar-refractivity contribution >= 4 is 11.8 Å². The largest absolute Gasteiger partial charge is 0.396 e. The highest BCUT2D eigenvalue weighted by molar-refractivity contribution is 5.95. The lowest BCUT2D eigenvalue weighted by molar-refractivity contribution is 0.0919. The Morgan fingerprint density at radius 1 is 0.852 bits per heavy atom. The molecule has 0 saturated carbocycles. The van der Waals surface area contributed by atoms with Gasteiger partial charge in [-0.25, -0.2) is 0 Å². The SMILES string of the molecule is O=C(N[C@H]1CC[C@@H](NC(=O)c2ccccc2)C=C1CCO)c1ccccc1. The van der Waals surface area contributed by atoms with Crippen molar-refractivity contribution in [2.24, 2.45) is 0 Å². The van der Waals surface area contributed by atoms with Gasteiger partial charge >= 0.3 is 0 Å². The van der Waals surface area contributed by atoms with E-state index in [9.17, 15) is 14.7 Å². The van der Waals surface area contributed by atoms with Gasteiger partial charge in [-0.1, -0.05) is 42.5 Å². The van der Waals surface area contributed by atoms with E-state index in [4.69, 9.17) is 0 Å². The lowest BCUT2D eigenvalue weighted by atomic mass is 9.88. The quantitative estimate of drug-likeness (QED) is 0.690. The van der Waals surface area contributed by atoms with E-state index in [1.807, 2.05) is 42.5 Å². The van der Waals surface area contributed by atoms with E-state index in [0.717, 1.165) is 12.0 Å². The molecule has 1 aliphatic rings. The number of hydrogen-bond donors (Lipinski definition) is 3. The minimum Gasteiger partial charge on any atom is -0.396 e. The molecular formula is C22H24N2O3. The van der Waals surface area contributed by atoms with Crippen molar-refractivity contribution < 1.29 is 14.7 Å². The van der Waals surface area contributed by atoms with Crippen LogP contribution >= 0.6 is 0 Å². The maximum atomic E-state index is 12.4. The number of hydrogen-bond acceptors (Lipinski definition) is 3. The molecule has 0 aromatic heterocycles. The molecule has 0 spiro atoms. The number of nitrogens with one attached hydrogen (secondary N) is 2. The Bertz CT molecular complexity index is 803. The second-order valence-electron chi connectivity index (χ2n) is 6.63. The van der Waals surface area contributed by atoms with Crippen LogP contribution < -0.4 is 10.6 Å². The van der Waals surface area contributed by atoms with E-state index in [-0.39, 0.29) is 30.5 Å². The highest BCUT2D eigenvalue weighted by Gasteiger charge is 2.25. The molecule has 3 rings (SSSR count). The summed E-state index contributed by atoms with van der Waals surface area (Å²) in [6, 6.07) is 17.9. The molecule has 2 atom stereocenters.